The second kappa shape index (κ2) is 7.61. The second-order valence-corrected chi connectivity index (χ2v) is 6.61. The van der Waals surface area contributed by atoms with Crippen molar-refractivity contribution in [2.75, 3.05) is 7.11 Å². The summed E-state index contributed by atoms with van der Waals surface area (Å²) in [6, 6.07) is 4.93. The third-order valence-electron chi connectivity index (χ3n) is 4.15. The van der Waals surface area contributed by atoms with Crippen LogP contribution in [-0.4, -0.2) is 39.8 Å². The lowest BCUT2D eigenvalue weighted by Crippen LogP contribution is -2.34. The number of pyridine rings is 1. The Balaban J connectivity index is 2.03. The van der Waals surface area contributed by atoms with Crippen LogP contribution in [0.15, 0.2) is 35.1 Å². The minimum Gasteiger partial charge on any atom is -0.469 e. The van der Waals surface area contributed by atoms with E-state index < -0.39 is 0 Å². The van der Waals surface area contributed by atoms with Gasteiger partial charge in [-0.3, -0.25) is 9.59 Å². The number of carbonyl (C=O) groups is 2. The van der Waals surface area contributed by atoms with Crippen LogP contribution in [0.25, 0.3) is 22.5 Å². The molecule has 0 aliphatic rings. The number of hydrogen-bond donors (Lipinski definition) is 1. The maximum atomic E-state index is 12.9. The largest absolute Gasteiger partial charge is 0.469 e. The standard InChI is InChI=1S/C19H22N4O4/c1-11(2)23-18-14(10-20-23)13(9-15(22-18)16-6-5-7-27-16)19(25)21-12(3)8-17(24)26-4/h5-7,9-12H,8H2,1-4H3,(H,21,25). The molecule has 3 heterocycles. The lowest BCUT2D eigenvalue weighted by atomic mass is 10.1. The van der Waals surface area contributed by atoms with Crippen LogP contribution in [0.4, 0.5) is 0 Å². The van der Waals surface area contributed by atoms with Gasteiger partial charge in [-0.05, 0) is 39.0 Å². The van der Waals surface area contributed by atoms with E-state index >= 15 is 0 Å². The van der Waals surface area contributed by atoms with Crippen LogP contribution in [0.5, 0.6) is 0 Å². The number of carbonyl (C=O) groups excluding carboxylic acids is 2. The van der Waals surface area contributed by atoms with Crippen molar-refractivity contribution >= 4 is 22.9 Å². The summed E-state index contributed by atoms with van der Waals surface area (Å²) in [6.07, 6.45) is 3.28. The first-order valence-electron chi connectivity index (χ1n) is 8.70. The maximum absolute atomic E-state index is 12.9. The van der Waals surface area contributed by atoms with Crippen LogP contribution in [0.1, 0.15) is 43.6 Å². The molecule has 0 spiro atoms. The van der Waals surface area contributed by atoms with Gasteiger partial charge in [0.25, 0.3) is 5.91 Å². The minimum atomic E-state index is -0.383. The van der Waals surface area contributed by atoms with Gasteiger partial charge in [-0.25, -0.2) is 9.67 Å². The highest BCUT2D eigenvalue weighted by atomic mass is 16.5. The Morgan fingerprint density at radius 3 is 2.74 bits per heavy atom. The van der Waals surface area contributed by atoms with Gasteiger partial charge in [0.1, 0.15) is 5.69 Å². The number of rotatable bonds is 6. The highest BCUT2D eigenvalue weighted by molar-refractivity contribution is 6.06. The first-order chi connectivity index (χ1) is 12.9. The molecular weight excluding hydrogens is 348 g/mol. The summed E-state index contributed by atoms with van der Waals surface area (Å²) in [5, 5.41) is 7.84. The second-order valence-electron chi connectivity index (χ2n) is 6.61. The van der Waals surface area contributed by atoms with Crippen molar-refractivity contribution < 1.29 is 18.7 Å². The Bertz CT molecular complexity index is 960. The van der Waals surface area contributed by atoms with E-state index in [0.29, 0.717) is 28.1 Å². The topological polar surface area (TPSA) is 99.2 Å². The molecular formula is C19H22N4O4. The number of nitrogens with zero attached hydrogens (tertiary/aromatic N) is 3. The van der Waals surface area contributed by atoms with Gasteiger partial charge >= 0.3 is 5.97 Å². The van der Waals surface area contributed by atoms with Crippen molar-refractivity contribution in [3.63, 3.8) is 0 Å². The van der Waals surface area contributed by atoms with Crippen molar-refractivity contribution in [2.24, 2.45) is 0 Å². The average Bonchev–Trinajstić information content (AvgIpc) is 3.29. The molecule has 0 aromatic carbocycles. The van der Waals surface area contributed by atoms with E-state index in [2.05, 4.69) is 20.1 Å². The molecule has 0 radical (unpaired) electrons. The molecule has 3 rings (SSSR count). The van der Waals surface area contributed by atoms with Crippen LogP contribution in [0.2, 0.25) is 0 Å². The molecule has 8 nitrogen and oxygen atoms in total. The van der Waals surface area contributed by atoms with Crippen LogP contribution in [-0.2, 0) is 9.53 Å². The number of aromatic nitrogens is 3. The molecule has 27 heavy (non-hydrogen) atoms. The van der Waals surface area contributed by atoms with Crippen LogP contribution in [0, 0.1) is 0 Å². The molecule has 1 amide bonds. The quantitative estimate of drug-likeness (QED) is 0.670. The number of furan rings is 1. The summed E-state index contributed by atoms with van der Waals surface area (Å²) in [7, 11) is 1.32. The van der Waals surface area contributed by atoms with Crippen molar-refractivity contribution in [3.8, 4) is 11.5 Å². The molecule has 0 saturated carbocycles. The molecule has 0 aliphatic heterocycles. The first kappa shape index (κ1) is 18.6. The molecule has 0 aliphatic carbocycles. The van der Waals surface area contributed by atoms with Gasteiger partial charge in [0.05, 0.1) is 36.9 Å². The number of hydrogen-bond acceptors (Lipinski definition) is 6. The lowest BCUT2D eigenvalue weighted by Gasteiger charge is -2.14. The van der Waals surface area contributed by atoms with Gasteiger partial charge in [-0.15, -0.1) is 0 Å². The third kappa shape index (κ3) is 3.84. The summed E-state index contributed by atoms with van der Waals surface area (Å²) in [4.78, 5) is 28.9. The Kier molecular flexibility index (Phi) is 5.25. The number of ether oxygens (including phenoxy) is 1. The van der Waals surface area contributed by atoms with Gasteiger partial charge < -0.3 is 14.5 Å². The minimum absolute atomic E-state index is 0.0796. The van der Waals surface area contributed by atoms with Crippen molar-refractivity contribution in [3.05, 3.63) is 36.2 Å². The van der Waals surface area contributed by atoms with E-state index in [1.807, 2.05) is 13.8 Å². The van der Waals surface area contributed by atoms with Gasteiger partial charge in [0.15, 0.2) is 11.4 Å². The summed E-state index contributed by atoms with van der Waals surface area (Å²) in [5.41, 5.74) is 1.57. The monoisotopic (exact) mass is 370 g/mol. The molecule has 142 valence electrons. The number of esters is 1. The summed E-state index contributed by atoms with van der Waals surface area (Å²) < 4.78 is 11.9. The highest BCUT2D eigenvalue weighted by Crippen LogP contribution is 2.26. The molecule has 1 N–H and O–H groups in total. The number of fused-ring (bicyclic) bond motifs is 1. The fourth-order valence-electron chi connectivity index (χ4n) is 2.82. The Labute approximate surface area is 156 Å². The van der Waals surface area contributed by atoms with Crippen molar-refractivity contribution in [1.82, 2.24) is 20.1 Å². The van der Waals surface area contributed by atoms with Gasteiger partial charge in [0, 0.05) is 12.1 Å². The Hall–Kier alpha value is -3.16. The predicted molar refractivity (Wildman–Crippen MR) is 99.2 cm³/mol. The van der Waals surface area contributed by atoms with E-state index in [9.17, 15) is 9.59 Å². The normalized spacial score (nSPS) is 12.3. The lowest BCUT2D eigenvalue weighted by molar-refractivity contribution is -0.141. The molecule has 1 unspecified atom stereocenters. The van der Waals surface area contributed by atoms with Crippen LogP contribution in [0.3, 0.4) is 0 Å². The van der Waals surface area contributed by atoms with Crippen LogP contribution < -0.4 is 5.32 Å². The molecule has 3 aromatic rings. The smallest absolute Gasteiger partial charge is 0.307 e. The highest BCUT2D eigenvalue weighted by Gasteiger charge is 2.21. The Morgan fingerprint density at radius 2 is 2.11 bits per heavy atom. The van der Waals surface area contributed by atoms with E-state index in [1.165, 1.54) is 7.11 Å². The van der Waals surface area contributed by atoms with Crippen LogP contribution >= 0.6 is 0 Å². The zero-order chi connectivity index (χ0) is 19.6. The molecule has 3 aromatic heterocycles. The van der Waals surface area contributed by atoms with Crippen molar-refractivity contribution in [2.45, 2.75) is 39.3 Å². The van der Waals surface area contributed by atoms with Crippen molar-refractivity contribution in [1.29, 1.82) is 0 Å². The van der Waals surface area contributed by atoms with Gasteiger partial charge in [-0.1, -0.05) is 0 Å². The van der Waals surface area contributed by atoms with E-state index in [1.54, 1.807) is 42.3 Å². The fourth-order valence-corrected chi connectivity index (χ4v) is 2.82. The molecule has 0 saturated heterocycles. The Morgan fingerprint density at radius 1 is 1.33 bits per heavy atom. The fraction of sp³-hybridized carbons (Fsp3) is 0.368. The SMILES string of the molecule is COC(=O)CC(C)NC(=O)c1cc(-c2ccco2)nc2c1cnn2C(C)C. The number of amides is 1. The molecule has 1 atom stereocenters. The van der Waals surface area contributed by atoms with Gasteiger partial charge in [0.2, 0.25) is 0 Å². The number of methoxy groups -OCH3 is 1. The van der Waals surface area contributed by atoms with E-state index in [0.717, 1.165) is 0 Å². The predicted octanol–water partition coefficient (Wildman–Crippen LogP) is 2.95. The summed E-state index contributed by atoms with van der Waals surface area (Å²) in [5.74, 6) is -0.133. The number of nitrogens with one attached hydrogen (secondary N) is 1. The van der Waals surface area contributed by atoms with E-state index in [-0.39, 0.29) is 30.4 Å². The first-order valence-corrected chi connectivity index (χ1v) is 8.70. The zero-order valence-corrected chi connectivity index (χ0v) is 15.7. The molecule has 0 bridgehead atoms. The average molecular weight is 370 g/mol. The molecule has 0 fully saturated rings. The third-order valence-corrected chi connectivity index (χ3v) is 4.15. The summed E-state index contributed by atoms with van der Waals surface area (Å²) >= 11 is 0. The zero-order valence-electron chi connectivity index (χ0n) is 15.7. The maximum Gasteiger partial charge on any atom is 0.307 e. The summed E-state index contributed by atoms with van der Waals surface area (Å²) in [6.45, 7) is 5.73. The van der Waals surface area contributed by atoms with E-state index in [4.69, 9.17) is 4.42 Å². The van der Waals surface area contributed by atoms with Gasteiger partial charge in [-0.2, -0.15) is 5.10 Å². The molecule has 8 heteroatoms.